The SMILES string of the molecule is C=CCn1c(SC(C)C(=O)Nc2cccc(C#N)c2)nc2cc(Cl)ccc2c1=O. The molecular weight excluding hydrogens is 408 g/mol. The maximum atomic E-state index is 12.9. The van der Waals surface area contributed by atoms with Gasteiger partial charge >= 0.3 is 0 Å². The van der Waals surface area contributed by atoms with Crippen molar-refractivity contribution in [2.75, 3.05) is 5.32 Å². The van der Waals surface area contributed by atoms with Crippen LogP contribution in [0.1, 0.15) is 12.5 Å². The standard InChI is InChI=1S/C21H17ClN4O2S/c1-3-9-26-20(28)17-8-7-15(22)11-18(17)25-21(26)29-13(2)19(27)24-16-6-4-5-14(10-16)12-23/h3-8,10-11,13H,1,9H2,2H3,(H,24,27). The average molecular weight is 425 g/mol. The minimum absolute atomic E-state index is 0.219. The number of nitrogens with zero attached hydrogens (tertiary/aromatic N) is 3. The van der Waals surface area contributed by atoms with Gasteiger partial charge in [0.05, 0.1) is 27.8 Å². The molecule has 0 saturated carbocycles. The Kier molecular flexibility index (Phi) is 6.37. The Bertz CT molecular complexity index is 1200. The lowest BCUT2D eigenvalue weighted by Gasteiger charge is -2.15. The number of nitrogens with one attached hydrogen (secondary N) is 1. The molecule has 146 valence electrons. The van der Waals surface area contributed by atoms with E-state index >= 15 is 0 Å². The van der Waals surface area contributed by atoms with Gasteiger partial charge in [0, 0.05) is 17.3 Å². The third-order valence-electron chi connectivity index (χ3n) is 4.10. The summed E-state index contributed by atoms with van der Waals surface area (Å²) in [7, 11) is 0. The maximum Gasteiger partial charge on any atom is 0.262 e. The number of carbonyl (C=O) groups excluding carboxylic acids is 1. The molecule has 0 saturated heterocycles. The molecular formula is C21H17ClN4O2S. The molecule has 0 radical (unpaired) electrons. The highest BCUT2D eigenvalue weighted by Gasteiger charge is 2.19. The second kappa shape index (κ2) is 8.95. The Morgan fingerprint density at radius 1 is 1.41 bits per heavy atom. The summed E-state index contributed by atoms with van der Waals surface area (Å²) >= 11 is 7.20. The van der Waals surface area contributed by atoms with Crippen molar-refractivity contribution in [1.29, 1.82) is 5.26 Å². The van der Waals surface area contributed by atoms with Gasteiger partial charge in [-0.3, -0.25) is 14.2 Å². The second-order valence-electron chi connectivity index (χ2n) is 6.20. The lowest BCUT2D eigenvalue weighted by Crippen LogP contribution is -2.26. The number of thioether (sulfide) groups is 1. The molecule has 1 heterocycles. The van der Waals surface area contributed by atoms with E-state index in [2.05, 4.69) is 16.9 Å². The van der Waals surface area contributed by atoms with Crippen molar-refractivity contribution in [3.8, 4) is 6.07 Å². The number of allylic oxidation sites excluding steroid dienone is 1. The van der Waals surface area contributed by atoms with Crippen LogP contribution in [0.5, 0.6) is 0 Å². The normalized spacial score (nSPS) is 11.6. The molecule has 3 aromatic rings. The molecule has 29 heavy (non-hydrogen) atoms. The predicted molar refractivity (Wildman–Crippen MR) is 116 cm³/mol. The molecule has 0 aliphatic rings. The Morgan fingerprint density at radius 3 is 2.93 bits per heavy atom. The van der Waals surface area contributed by atoms with Crippen LogP contribution in [0.15, 0.2) is 65.1 Å². The number of rotatable bonds is 6. The number of amides is 1. The van der Waals surface area contributed by atoms with Crippen molar-refractivity contribution >= 4 is 45.9 Å². The van der Waals surface area contributed by atoms with Crippen molar-refractivity contribution in [3.05, 3.63) is 76.1 Å². The molecule has 8 heteroatoms. The van der Waals surface area contributed by atoms with Crippen LogP contribution >= 0.6 is 23.4 Å². The number of fused-ring (bicyclic) bond motifs is 1. The van der Waals surface area contributed by atoms with E-state index in [1.165, 1.54) is 16.3 Å². The molecule has 1 unspecified atom stereocenters. The zero-order chi connectivity index (χ0) is 21.0. The first-order chi connectivity index (χ1) is 13.9. The number of carbonyl (C=O) groups is 1. The minimum Gasteiger partial charge on any atom is -0.325 e. The Hall–Kier alpha value is -3.08. The summed E-state index contributed by atoms with van der Waals surface area (Å²) in [4.78, 5) is 30.0. The monoisotopic (exact) mass is 424 g/mol. The number of hydrogen-bond donors (Lipinski definition) is 1. The third kappa shape index (κ3) is 4.67. The zero-order valence-electron chi connectivity index (χ0n) is 15.6. The second-order valence-corrected chi connectivity index (χ2v) is 7.95. The summed E-state index contributed by atoms with van der Waals surface area (Å²) in [6, 6.07) is 13.6. The Labute approximate surface area is 176 Å². The van der Waals surface area contributed by atoms with Crippen LogP contribution < -0.4 is 10.9 Å². The van der Waals surface area contributed by atoms with E-state index in [1.54, 1.807) is 55.5 Å². The van der Waals surface area contributed by atoms with Crippen LogP contribution in [0.25, 0.3) is 10.9 Å². The molecule has 3 rings (SSSR count). The summed E-state index contributed by atoms with van der Waals surface area (Å²) in [5.74, 6) is -0.268. The molecule has 0 spiro atoms. The van der Waals surface area contributed by atoms with E-state index in [0.717, 1.165) is 0 Å². The number of aromatic nitrogens is 2. The molecule has 0 aliphatic heterocycles. The lowest BCUT2D eigenvalue weighted by atomic mass is 10.2. The summed E-state index contributed by atoms with van der Waals surface area (Å²) < 4.78 is 1.48. The van der Waals surface area contributed by atoms with Crippen molar-refractivity contribution in [1.82, 2.24) is 9.55 Å². The van der Waals surface area contributed by atoms with Gasteiger partial charge in [-0.05, 0) is 43.3 Å². The molecule has 1 N–H and O–H groups in total. The van der Waals surface area contributed by atoms with Crippen LogP contribution in [-0.4, -0.2) is 20.7 Å². The average Bonchev–Trinajstić information content (AvgIpc) is 2.70. The van der Waals surface area contributed by atoms with Gasteiger partial charge in [0.1, 0.15) is 0 Å². The Balaban J connectivity index is 1.90. The van der Waals surface area contributed by atoms with E-state index in [-0.39, 0.29) is 18.0 Å². The number of hydrogen-bond acceptors (Lipinski definition) is 5. The fraction of sp³-hybridized carbons (Fsp3) is 0.143. The summed E-state index contributed by atoms with van der Waals surface area (Å²) in [5, 5.41) is 12.6. The summed E-state index contributed by atoms with van der Waals surface area (Å²) in [6.07, 6.45) is 1.60. The van der Waals surface area contributed by atoms with Gasteiger partial charge in [0.2, 0.25) is 5.91 Å². The van der Waals surface area contributed by atoms with Crippen molar-refractivity contribution < 1.29 is 4.79 Å². The topological polar surface area (TPSA) is 87.8 Å². The molecule has 1 amide bonds. The highest BCUT2D eigenvalue weighted by molar-refractivity contribution is 8.00. The van der Waals surface area contributed by atoms with Crippen molar-refractivity contribution in [2.45, 2.75) is 23.9 Å². The van der Waals surface area contributed by atoms with E-state index in [4.69, 9.17) is 16.9 Å². The first kappa shape index (κ1) is 20.6. The van der Waals surface area contributed by atoms with Gasteiger partial charge < -0.3 is 5.32 Å². The molecule has 1 aromatic heterocycles. The number of benzene rings is 2. The highest BCUT2D eigenvalue weighted by atomic mass is 35.5. The number of anilines is 1. The number of halogens is 1. The number of nitriles is 1. The maximum absolute atomic E-state index is 12.9. The molecule has 0 fully saturated rings. The fourth-order valence-corrected chi connectivity index (χ4v) is 3.76. The van der Waals surface area contributed by atoms with Gasteiger partial charge in [-0.1, -0.05) is 35.5 Å². The molecule has 6 nitrogen and oxygen atoms in total. The van der Waals surface area contributed by atoms with Crippen LogP contribution in [-0.2, 0) is 11.3 Å². The smallest absolute Gasteiger partial charge is 0.262 e. The quantitative estimate of drug-likeness (QED) is 0.363. The third-order valence-corrected chi connectivity index (χ3v) is 5.43. The van der Waals surface area contributed by atoms with E-state index in [9.17, 15) is 9.59 Å². The largest absolute Gasteiger partial charge is 0.325 e. The van der Waals surface area contributed by atoms with Gasteiger partial charge in [-0.25, -0.2) is 4.98 Å². The van der Waals surface area contributed by atoms with Crippen LogP contribution in [0.3, 0.4) is 0 Å². The van der Waals surface area contributed by atoms with Gasteiger partial charge in [0.15, 0.2) is 5.16 Å². The van der Waals surface area contributed by atoms with Gasteiger partial charge in [-0.2, -0.15) is 5.26 Å². The molecule has 1 atom stereocenters. The summed E-state index contributed by atoms with van der Waals surface area (Å²) in [6.45, 7) is 5.69. The van der Waals surface area contributed by atoms with Crippen molar-refractivity contribution in [2.24, 2.45) is 0 Å². The van der Waals surface area contributed by atoms with Crippen LogP contribution in [0, 0.1) is 11.3 Å². The highest BCUT2D eigenvalue weighted by Crippen LogP contribution is 2.25. The Morgan fingerprint density at radius 2 is 2.21 bits per heavy atom. The van der Waals surface area contributed by atoms with E-state index in [0.29, 0.717) is 32.3 Å². The van der Waals surface area contributed by atoms with Crippen LogP contribution in [0.2, 0.25) is 5.02 Å². The fourth-order valence-electron chi connectivity index (χ4n) is 2.68. The molecule has 0 aliphatic carbocycles. The van der Waals surface area contributed by atoms with E-state index < -0.39 is 5.25 Å². The molecule has 2 aromatic carbocycles. The first-order valence-corrected chi connectivity index (χ1v) is 9.97. The minimum atomic E-state index is -0.541. The van der Waals surface area contributed by atoms with Gasteiger partial charge in [0.25, 0.3) is 5.56 Å². The predicted octanol–water partition coefficient (Wildman–Crippen LogP) is 4.23. The summed E-state index contributed by atoms with van der Waals surface area (Å²) in [5.41, 5.74) is 1.24. The van der Waals surface area contributed by atoms with Crippen LogP contribution in [0.4, 0.5) is 5.69 Å². The first-order valence-electron chi connectivity index (χ1n) is 8.71. The van der Waals surface area contributed by atoms with Crippen molar-refractivity contribution in [3.63, 3.8) is 0 Å². The lowest BCUT2D eigenvalue weighted by molar-refractivity contribution is -0.115. The van der Waals surface area contributed by atoms with E-state index in [1.807, 2.05) is 6.07 Å². The van der Waals surface area contributed by atoms with Gasteiger partial charge in [-0.15, -0.1) is 6.58 Å². The molecule has 0 bridgehead atoms. The zero-order valence-corrected chi connectivity index (χ0v) is 17.1.